The molecule has 1 atom stereocenters. The molecule has 6 nitrogen and oxygen atoms in total. The number of para-hydroxylation sites is 1. The van der Waals surface area contributed by atoms with Gasteiger partial charge in [-0.3, -0.25) is 14.8 Å². The Morgan fingerprint density at radius 3 is 2.86 bits per heavy atom. The monoisotopic (exact) mass is 299 g/mol. The molecule has 1 amide bonds. The van der Waals surface area contributed by atoms with Crippen molar-refractivity contribution in [3.63, 3.8) is 0 Å². The van der Waals surface area contributed by atoms with Crippen LogP contribution in [0.3, 0.4) is 0 Å². The molecule has 1 unspecified atom stereocenters. The van der Waals surface area contributed by atoms with Gasteiger partial charge in [0.15, 0.2) is 5.69 Å². The van der Waals surface area contributed by atoms with E-state index < -0.39 is 0 Å². The molecular weight excluding hydrogens is 278 g/mol. The molecule has 116 valence electrons. The summed E-state index contributed by atoms with van der Waals surface area (Å²) in [5.41, 5.74) is 1.47. The SMILES string of the molecule is O=C(c1n[nH]c2ccccc12)N1CCC(N2CCNCC2)C1. The number of likely N-dealkylation sites (tertiary alicyclic amines) is 1. The molecule has 0 saturated carbocycles. The van der Waals surface area contributed by atoms with Gasteiger partial charge in [0.2, 0.25) is 0 Å². The Morgan fingerprint density at radius 1 is 1.18 bits per heavy atom. The third-order valence-electron chi connectivity index (χ3n) is 4.79. The summed E-state index contributed by atoms with van der Waals surface area (Å²) < 4.78 is 0. The highest BCUT2D eigenvalue weighted by molar-refractivity contribution is 6.04. The Morgan fingerprint density at radius 2 is 2.00 bits per heavy atom. The maximum absolute atomic E-state index is 12.8. The second kappa shape index (κ2) is 5.70. The Balaban J connectivity index is 1.49. The van der Waals surface area contributed by atoms with Gasteiger partial charge in [-0.05, 0) is 12.5 Å². The normalized spacial score (nSPS) is 23.3. The smallest absolute Gasteiger partial charge is 0.275 e. The highest BCUT2D eigenvalue weighted by atomic mass is 16.2. The van der Waals surface area contributed by atoms with E-state index in [1.54, 1.807) is 0 Å². The summed E-state index contributed by atoms with van der Waals surface area (Å²) in [6.07, 6.45) is 1.06. The second-order valence-electron chi connectivity index (χ2n) is 6.10. The molecular formula is C16H21N5O. The number of hydrogen-bond donors (Lipinski definition) is 2. The van der Waals surface area contributed by atoms with Crippen molar-refractivity contribution in [3.8, 4) is 0 Å². The second-order valence-corrected chi connectivity index (χ2v) is 6.10. The van der Waals surface area contributed by atoms with E-state index in [9.17, 15) is 4.79 Å². The van der Waals surface area contributed by atoms with Crippen molar-refractivity contribution >= 4 is 16.8 Å². The van der Waals surface area contributed by atoms with Crippen LogP contribution in [0.1, 0.15) is 16.9 Å². The molecule has 0 spiro atoms. The number of piperazine rings is 1. The predicted octanol–water partition coefficient (Wildman–Crippen LogP) is 0.683. The van der Waals surface area contributed by atoms with E-state index in [2.05, 4.69) is 20.4 Å². The molecule has 6 heteroatoms. The van der Waals surface area contributed by atoms with Gasteiger partial charge < -0.3 is 10.2 Å². The zero-order valence-corrected chi connectivity index (χ0v) is 12.6. The Labute approximate surface area is 129 Å². The maximum atomic E-state index is 12.8. The van der Waals surface area contributed by atoms with Crippen molar-refractivity contribution in [1.29, 1.82) is 0 Å². The molecule has 1 aromatic carbocycles. The summed E-state index contributed by atoms with van der Waals surface area (Å²) in [6, 6.07) is 8.30. The lowest BCUT2D eigenvalue weighted by molar-refractivity contribution is 0.0769. The fraction of sp³-hybridized carbons (Fsp3) is 0.500. The molecule has 2 aromatic rings. The third kappa shape index (κ3) is 2.38. The molecule has 2 fully saturated rings. The number of hydrogen-bond acceptors (Lipinski definition) is 4. The number of aromatic amines is 1. The molecule has 4 rings (SSSR count). The number of benzene rings is 1. The molecule has 1 aromatic heterocycles. The zero-order chi connectivity index (χ0) is 14.9. The van der Waals surface area contributed by atoms with Gasteiger partial charge in [-0.25, -0.2) is 0 Å². The lowest BCUT2D eigenvalue weighted by Gasteiger charge is -2.32. The summed E-state index contributed by atoms with van der Waals surface area (Å²) in [4.78, 5) is 17.2. The van der Waals surface area contributed by atoms with Gasteiger partial charge in [0.1, 0.15) is 0 Å². The Kier molecular flexibility index (Phi) is 3.56. The van der Waals surface area contributed by atoms with Crippen LogP contribution in [0.25, 0.3) is 10.9 Å². The van der Waals surface area contributed by atoms with Gasteiger partial charge in [0.05, 0.1) is 5.52 Å². The highest BCUT2D eigenvalue weighted by Crippen LogP contribution is 2.21. The number of amides is 1. The quantitative estimate of drug-likeness (QED) is 0.856. The summed E-state index contributed by atoms with van der Waals surface area (Å²) in [6.45, 7) is 5.91. The fourth-order valence-corrected chi connectivity index (χ4v) is 3.55. The summed E-state index contributed by atoms with van der Waals surface area (Å²) in [5.74, 6) is 0.0510. The van der Waals surface area contributed by atoms with Crippen LogP contribution in [0.15, 0.2) is 24.3 Å². The van der Waals surface area contributed by atoms with E-state index in [0.717, 1.165) is 56.6 Å². The molecule has 3 heterocycles. The van der Waals surface area contributed by atoms with Crippen LogP contribution in [0.2, 0.25) is 0 Å². The number of carbonyl (C=O) groups is 1. The van der Waals surface area contributed by atoms with Crippen molar-refractivity contribution in [2.75, 3.05) is 39.3 Å². The van der Waals surface area contributed by atoms with E-state index in [0.29, 0.717) is 11.7 Å². The first-order valence-corrected chi connectivity index (χ1v) is 8.00. The van der Waals surface area contributed by atoms with Gasteiger partial charge in [-0.1, -0.05) is 18.2 Å². The first-order chi connectivity index (χ1) is 10.8. The largest absolute Gasteiger partial charge is 0.336 e. The molecule has 0 bridgehead atoms. The lowest BCUT2D eigenvalue weighted by Crippen LogP contribution is -2.49. The van der Waals surface area contributed by atoms with Gasteiger partial charge in [0, 0.05) is 50.7 Å². The average molecular weight is 299 g/mol. The molecule has 2 aliphatic heterocycles. The minimum absolute atomic E-state index is 0.0510. The van der Waals surface area contributed by atoms with Crippen LogP contribution >= 0.6 is 0 Å². The van der Waals surface area contributed by atoms with Crippen molar-refractivity contribution in [1.82, 2.24) is 25.3 Å². The number of nitrogens with zero attached hydrogens (tertiary/aromatic N) is 3. The molecule has 2 aliphatic rings. The molecule has 2 saturated heterocycles. The van der Waals surface area contributed by atoms with Crippen molar-refractivity contribution in [2.24, 2.45) is 0 Å². The summed E-state index contributed by atoms with van der Waals surface area (Å²) >= 11 is 0. The van der Waals surface area contributed by atoms with Crippen LogP contribution < -0.4 is 5.32 Å². The standard InChI is InChI=1S/C16H21N5O/c22-16(15-13-3-1-2-4-14(13)18-19-15)21-8-5-12(11-21)20-9-6-17-7-10-20/h1-4,12,17H,5-11H2,(H,18,19). The average Bonchev–Trinajstić information content (AvgIpc) is 3.22. The first kappa shape index (κ1) is 13.7. The van der Waals surface area contributed by atoms with Gasteiger partial charge in [-0.15, -0.1) is 0 Å². The number of rotatable bonds is 2. The minimum atomic E-state index is 0.0510. The summed E-state index contributed by atoms with van der Waals surface area (Å²) in [5, 5.41) is 11.5. The highest BCUT2D eigenvalue weighted by Gasteiger charge is 2.32. The van der Waals surface area contributed by atoms with E-state index in [4.69, 9.17) is 0 Å². The number of H-pyrrole nitrogens is 1. The molecule has 2 N–H and O–H groups in total. The molecule has 22 heavy (non-hydrogen) atoms. The van der Waals surface area contributed by atoms with E-state index in [1.807, 2.05) is 29.2 Å². The lowest BCUT2D eigenvalue weighted by atomic mass is 10.2. The first-order valence-electron chi connectivity index (χ1n) is 8.00. The van der Waals surface area contributed by atoms with Gasteiger partial charge in [0.25, 0.3) is 5.91 Å². The van der Waals surface area contributed by atoms with Crippen molar-refractivity contribution in [3.05, 3.63) is 30.0 Å². The van der Waals surface area contributed by atoms with E-state index >= 15 is 0 Å². The van der Waals surface area contributed by atoms with Crippen LogP contribution in [0.4, 0.5) is 0 Å². The zero-order valence-electron chi connectivity index (χ0n) is 12.6. The summed E-state index contributed by atoms with van der Waals surface area (Å²) in [7, 11) is 0. The number of nitrogens with one attached hydrogen (secondary N) is 2. The number of aromatic nitrogens is 2. The van der Waals surface area contributed by atoms with E-state index in [1.165, 1.54) is 0 Å². The van der Waals surface area contributed by atoms with Crippen LogP contribution in [-0.2, 0) is 0 Å². The van der Waals surface area contributed by atoms with Crippen molar-refractivity contribution in [2.45, 2.75) is 12.5 Å². The van der Waals surface area contributed by atoms with Gasteiger partial charge >= 0.3 is 0 Å². The number of fused-ring (bicyclic) bond motifs is 1. The maximum Gasteiger partial charge on any atom is 0.275 e. The number of carbonyl (C=O) groups excluding carboxylic acids is 1. The minimum Gasteiger partial charge on any atom is -0.336 e. The third-order valence-corrected chi connectivity index (χ3v) is 4.79. The topological polar surface area (TPSA) is 64.3 Å². The fourth-order valence-electron chi connectivity index (χ4n) is 3.55. The predicted molar refractivity (Wildman–Crippen MR) is 84.8 cm³/mol. The van der Waals surface area contributed by atoms with Crippen LogP contribution in [0.5, 0.6) is 0 Å². The Hall–Kier alpha value is -1.92. The Bertz CT molecular complexity index is 676. The molecule has 0 aliphatic carbocycles. The van der Waals surface area contributed by atoms with Crippen LogP contribution in [0, 0.1) is 0 Å². The van der Waals surface area contributed by atoms with Gasteiger partial charge in [-0.2, -0.15) is 5.10 Å². The van der Waals surface area contributed by atoms with E-state index in [-0.39, 0.29) is 5.91 Å². The molecule has 0 radical (unpaired) electrons. The van der Waals surface area contributed by atoms with Crippen molar-refractivity contribution < 1.29 is 4.79 Å². The van der Waals surface area contributed by atoms with Crippen LogP contribution in [-0.4, -0.2) is 71.2 Å².